The van der Waals surface area contributed by atoms with Crippen molar-refractivity contribution in [1.82, 2.24) is 10.6 Å². The summed E-state index contributed by atoms with van der Waals surface area (Å²) in [5.41, 5.74) is 1.19. The minimum atomic E-state index is -0.921. The minimum Gasteiger partial charge on any atom is -0.431 e. The van der Waals surface area contributed by atoms with Gasteiger partial charge in [-0.05, 0) is 12.1 Å². The van der Waals surface area contributed by atoms with Gasteiger partial charge in [-0.25, -0.2) is 4.79 Å². The highest BCUT2D eigenvalue weighted by molar-refractivity contribution is 7.99. The van der Waals surface area contributed by atoms with E-state index in [1.54, 1.807) is 36.0 Å². The zero-order valence-corrected chi connectivity index (χ0v) is 11.7. The molecule has 2 aliphatic rings. The van der Waals surface area contributed by atoms with E-state index in [0.29, 0.717) is 11.3 Å². The number of amides is 3. The molecule has 110 valence electrons. The maximum atomic E-state index is 11.9. The second kappa shape index (κ2) is 5.74. The number of nitrogens with one attached hydrogen (secondary N) is 3. The van der Waals surface area contributed by atoms with Gasteiger partial charge in [0.15, 0.2) is 0 Å². The molecule has 2 atom stereocenters. The summed E-state index contributed by atoms with van der Waals surface area (Å²) in [6, 6.07) is 6.46. The first kappa shape index (κ1) is 13.9. The smallest absolute Gasteiger partial charge is 0.415 e. The van der Waals surface area contributed by atoms with Gasteiger partial charge in [-0.1, -0.05) is 12.1 Å². The van der Waals surface area contributed by atoms with Crippen molar-refractivity contribution in [1.29, 1.82) is 0 Å². The number of hydrogen-bond donors (Lipinski definition) is 3. The Bertz CT molecular complexity index is 584. The predicted octanol–water partition coefficient (Wildman–Crippen LogP) is 0.595. The Hall–Kier alpha value is -2.06. The standard InChI is InChI=1S/C13H13N3O4S/c17-11(9-5-21-6-14-9)15-8-3-1-7(2-4-8)10-12(18)16-13(19)20-10/h1-4,9-10,14H,5-6H2,(H,15,17)(H,16,18,19). The number of anilines is 1. The van der Waals surface area contributed by atoms with Crippen LogP contribution in [-0.2, 0) is 14.3 Å². The number of alkyl carbamates (subject to hydrolysis) is 1. The SMILES string of the molecule is O=C1NC(=O)C(c2ccc(NC(=O)C3CSCN3)cc2)O1. The van der Waals surface area contributed by atoms with Gasteiger partial charge in [-0.2, -0.15) is 0 Å². The van der Waals surface area contributed by atoms with Crippen LogP contribution in [0.4, 0.5) is 10.5 Å². The zero-order chi connectivity index (χ0) is 14.8. The van der Waals surface area contributed by atoms with Crippen molar-refractivity contribution in [3.05, 3.63) is 29.8 Å². The van der Waals surface area contributed by atoms with Crippen LogP contribution in [0, 0.1) is 0 Å². The van der Waals surface area contributed by atoms with E-state index in [2.05, 4.69) is 16.0 Å². The van der Waals surface area contributed by atoms with Crippen LogP contribution in [0.1, 0.15) is 11.7 Å². The molecule has 3 N–H and O–H groups in total. The number of hydrogen-bond acceptors (Lipinski definition) is 6. The van der Waals surface area contributed by atoms with Crippen molar-refractivity contribution < 1.29 is 19.1 Å². The number of rotatable bonds is 3. The molecule has 0 spiro atoms. The summed E-state index contributed by atoms with van der Waals surface area (Å²) < 4.78 is 4.86. The fourth-order valence-corrected chi connectivity index (χ4v) is 3.05. The van der Waals surface area contributed by atoms with E-state index in [4.69, 9.17) is 4.74 Å². The normalized spacial score (nSPS) is 24.6. The predicted molar refractivity (Wildman–Crippen MR) is 76.7 cm³/mol. The number of cyclic esters (lactones) is 1. The van der Waals surface area contributed by atoms with Gasteiger partial charge in [-0.3, -0.25) is 20.2 Å². The van der Waals surface area contributed by atoms with Gasteiger partial charge >= 0.3 is 6.09 Å². The van der Waals surface area contributed by atoms with Gasteiger partial charge in [0.1, 0.15) is 0 Å². The van der Waals surface area contributed by atoms with Crippen molar-refractivity contribution in [2.75, 3.05) is 16.9 Å². The highest BCUT2D eigenvalue weighted by Crippen LogP contribution is 2.23. The number of imide groups is 1. The first-order chi connectivity index (χ1) is 10.1. The van der Waals surface area contributed by atoms with E-state index in [1.165, 1.54) is 0 Å². The maximum Gasteiger partial charge on any atom is 0.415 e. The first-order valence-corrected chi connectivity index (χ1v) is 7.52. The second-order valence-electron chi connectivity index (χ2n) is 4.66. The fourth-order valence-electron chi connectivity index (χ4n) is 2.11. The van der Waals surface area contributed by atoms with E-state index in [1.807, 2.05) is 0 Å². The summed E-state index contributed by atoms with van der Waals surface area (Å²) in [6.45, 7) is 0. The molecule has 2 aliphatic heterocycles. The summed E-state index contributed by atoms with van der Waals surface area (Å²) in [7, 11) is 0. The summed E-state index contributed by atoms with van der Waals surface area (Å²) in [6.07, 6.45) is -1.66. The summed E-state index contributed by atoms with van der Waals surface area (Å²) >= 11 is 1.68. The lowest BCUT2D eigenvalue weighted by Gasteiger charge is -2.11. The van der Waals surface area contributed by atoms with Crippen LogP contribution in [-0.4, -0.2) is 35.6 Å². The van der Waals surface area contributed by atoms with Crippen molar-refractivity contribution in [3.8, 4) is 0 Å². The van der Waals surface area contributed by atoms with Gasteiger partial charge in [0.2, 0.25) is 12.0 Å². The van der Waals surface area contributed by atoms with Crippen LogP contribution < -0.4 is 16.0 Å². The maximum absolute atomic E-state index is 11.9. The lowest BCUT2D eigenvalue weighted by molar-refractivity contribution is -0.123. The third-order valence-electron chi connectivity index (χ3n) is 3.20. The molecule has 1 aromatic rings. The average molecular weight is 307 g/mol. The molecule has 0 aromatic heterocycles. The summed E-state index contributed by atoms with van der Waals surface area (Å²) in [4.78, 5) is 34.4. The molecule has 3 amide bonds. The number of carbonyl (C=O) groups excluding carboxylic acids is 3. The Morgan fingerprint density at radius 2 is 2.05 bits per heavy atom. The molecule has 1 aromatic carbocycles. The molecule has 2 saturated heterocycles. The van der Waals surface area contributed by atoms with Gasteiger partial charge in [0.25, 0.3) is 5.91 Å². The van der Waals surface area contributed by atoms with E-state index in [9.17, 15) is 14.4 Å². The number of carbonyl (C=O) groups is 3. The Morgan fingerprint density at radius 3 is 2.62 bits per heavy atom. The minimum absolute atomic E-state index is 0.0854. The Kier molecular flexibility index (Phi) is 3.80. The van der Waals surface area contributed by atoms with Crippen LogP contribution in [0.15, 0.2) is 24.3 Å². The van der Waals surface area contributed by atoms with Crippen LogP contribution >= 0.6 is 11.8 Å². The molecule has 0 saturated carbocycles. The monoisotopic (exact) mass is 307 g/mol. The van der Waals surface area contributed by atoms with E-state index >= 15 is 0 Å². The summed E-state index contributed by atoms with van der Waals surface area (Å²) in [5, 5.41) is 7.95. The lowest BCUT2D eigenvalue weighted by atomic mass is 10.1. The van der Waals surface area contributed by atoms with Crippen molar-refractivity contribution in [3.63, 3.8) is 0 Å². The average Bonchev–Trinajstić information content (AvgIpc) is 3.09. The highest BCUT2D eigenvalue weighted by Gasteiger charge is 2.33. The molecular formula is C13H13N3O4S. The van der Waals surface area contributed by atoms with Crippen LogP contribution in [0.3, 0.4) is 0 Å². The van der Waals surface area contributed by atoms with Crippen LogP contribution in [0.25, 0.3) is 0 Å². The van der Waals surface area contributed by atoms with Gasteiger partial charge in [0.05, 0.1) is 6.04 Å². The van der Waals surface area contributed by atoms with Gasteiger partial charge in [-0.15, -0.1) is 11.8 Å². The first-order valence-electron chi connectivity index (χ1n) is 6.37. The summed E-state index contributed by atoms with van der Waals surface area (Å²) in [5.74, 6) is 0.961. The molecule has 2 heterocycles. The Morgan fingerprint density at radius 1 is 1.29 bits per heavy atom. The fraction of sp³-hybridized carbons (Fsp3) is 0.308. The van der Waals surface area contributed by atoms with E-state index in [0.717, 1.165) is 11.6 Å². The largest absolute Gasteiger partial charge is 0.431 e. The molecule has 21 heavy (non-hydrogen) atoms. The van der Waals surface area contributed by atoms with Crippen molar-refractivity contribution in [2.45, 2.75) is 12.1 Å². The van der Waals surface area contributed by atoms with Gasteiger partial charge < -0.3 is 10.1 Å². The molecule has 0 bridgehead atoms. The van der Waals surface area contributed by atoms with E-state index < -0.39 is 18.1 Å². The third kappa shape index (κ3) is 3.01. The van der Waals surface area contributed by atoms with Crippen LogP contribution in [0.2, 0.25) is 0 Å². The molecule has 0 aliphatic carbocycles. The topological polar surface area (TPSA) is 96.5 Å². The Labute approximate surface area is 124 Å². The lowest BCUT2D eigenvalue weighted by Crippen LogP contribution is -2.37. The molecule has 2 unspecified atom stereocenters. The molecule has 0 radical (unpaired) electrons. The van der Waals surface area contributed by atoms with Gasteiger partial charge in [0, 0.05) is 22.9 Å². The Balaban J connectivity index is 1.65. The van der Waals surface area contributed by atoms with Crippen LogP contribution in [0.5, 0.6) is 0 Å². The zero-order valence-electron chi connectivity index (χ0n) is 10.9. The number of ether oxygens (including phenoxy) is 1. The molecular weight excluding hydrogens is 294 g/mol. The van der Waals surface area contributed by atoms with E-state index in [-0.39, 0.29) is 11.9 Å². The van der Waals surface area contributed by atoms with Crippen molar-refractivity contribution >= 4 is 35.4 Å². The number of thioether (sulfide) groups is 1. The molecule has 3 rings (SSSR count). The molecule has 7 nitrogen and oxygen atoms in total. The third-order valence-corrected chi connectivity index (χ3v) is 4.14. The molecule has 8 heteroatoms. The quantitative estimate of drug-likeness (QED) is 0.756. The number of benzene rings is 1. The highest BCUT2D eigenvalue weighted by atomic mass is 32.2. The van der Waals surface area contributed by atoms with Crippen molar-refractivity contribution in [2.24, 2.45) is 0 Å². The second-order valence-corrected chi connectivity index (χ2v) is 5.69. The molecule has 2 fully saturated rings.